The third kappa shape index (κ3) is 3.56. The van der Waals surface area contributed by atoms with Crippen molar-refractivity contribution >= 4 is 5.95 Å². The van der Waals surface area contributed by atoms with Crippen LogP contribution < -0.4 is 4.90 Å². The third-order valence-electron chi connectivity index (χ3n) is 6.43. The largest absolute Gasteiger partial charge is 0.347 e. The van der Waals surface area contributed by atoms with Gasteiger partial charge in [-0.05, 0) is 37.8 Å². The van der Waals surface area contributed by atoms with Crippen molar-refractivity contribution in [3.63, 3.8) is 0 Å². The van der Waals surface area contributed by atoms with Crippen molar-refractivity contribution in [2.75, 3.05) is 32.1 Å². The fourth-order valence-electron chi connectivity index (χ4n) is 4.95. The molecule has 1 saturated heterocycles. The number of aromatic nitrogens is 4. The normalized spacial score (nSPS) is 21.0. The quantitative estimate of drug-likeness (QED) is 0.668. The monoisotopic (exact) mass is 400 g/mol. The standard InChI is InChI=1S/C24H28N6/c1-29(2)23-26-13-18(14-27-23)16-30-12-6-10-24(17-30)11-9-20-15-25-22(28-21(20)24)19-7-4-3-5-8-19/h3-5,7-8,13-15H,6,9-12,16-17H2,1-2H3. The van der Waals surface area contributed by atoms with E-state index in [9.17, 15) is 0 Å². The number of fused-ring (bicyclic) bond motifs is 2. The summed E-state index contributed by atoms with van der Waals surface area (Å²) in [5.41, 5.74) is 5.01. The van der Waals surface area contributed by atoms with E-state index in [1.165, 1.54) is 36.1 Å². The molecular weight excluding hydrogens is 372 g/mol. The maximum atomic E-state index is 5.10. The van der Waals surface area contributed by atoms with E-state index in [2.05, 4.69) is 38.2 Å². The highest BCUT2D eigenvalue weighted by Crippen LogP contribution is 2.44. The molecule has 1 aliphatic carbocycles. The molecule has 1 aliphatic heterocycles. The zero-order valence-electron chi connectivity index (χ0n) is 17.8. The summed E-state index contributed by atoms with van der Waals surface area (Å²) in [6.07, 6.45) is 10.6. The van der Waals surface area contributed by atoms with E-state index in [1.807, 2.05) is 49.6 Å². The second-order valence-electron chi connectivity index (χ2n) is 8.81. The van der Waals surface area contributed by atoms with E-state index in [-0.39, 0.29) is 5.41 Å². The fraction of sp³-hybridized carbons (Fsp3) is 0.417. The molecule has 2 aromatic heterocycles. The van der Waals surface area contributed by atoms with Gasteiger partial charge in [0.05, 0.1) is 5.69 Å². The first kappa shape index (κ1) is 19.1. The zero-order valence-corrected chi connectivity index (χ0v) is 17.8. The van der Waals surface area contributed by atoms with Crippen LogP contribution in [0.5, 0.6) is 0 Å². The molecule has 30 heavy (non-hydrogen) atoms. The number of rotatable bonds is 4. The third-order valence-corrected chi connectivity index (χ3v) is 6.43. The summed E-state index contributed by atoms with van der Waals surface area (Å²) in [7, 11) is 3.93. The van der Waals surface area contributed by atoms with Crippen LogP contribution in [0.3, 0.4) is 0 Å². The Balaban J connectivity index is 1.38. The van der Waals surface area contributed by atoms with Crippen LogP contribution in [0.2, 0.25) is 0 Å². The van der Waals surface area contributed by atoms with Crippen LogP contribution in [0, 0.1) is 0 Å². The highest BCUT2D eigenvalue weighted by Gasteiger charge is 2.43. The van der Waals surface area contributed by atoms with Gasteiger partial charge in [-0.25, -0.2) is 19.9 Å². The van der Waals surface area contributed by atoms with Gasteiger partial charge in [-0.2, -0.15) is 0 Å². The van der Waals surface area contributed by atoms with E-state index >= 15 is 0 Å². The van der Waals surface area contributed by atoms with Crippen LogP contribution in [0.1, 0.15) is 36.1 Å². The number of likely N-dealkylation sites (tertiary alicyclic amines) is 1. The molecule has 0 N–H and O–H groups in total. The summed E-state index contributed by atoms with van der Waals surface area (Å²) < 4.78 is 0. The van der Waals surface area contributed by atoms with E-state index < -0.39 is 0 Å². The highest BCUT2D eigenvalue weighted by molar-refractivity contribution is 5.55. The van der Waals surface area contributed by atoms with Crippen molar-refractivity contribution in [1.29, 1.82) is 0 Å². The molecule has 6 heteroatoms. The molecule has 1 unspecified atom stereocenters. The van der Waals surface area contributed by atoms with Gasteiger partial charge in [0.25, 0.3) is 0 Å². The fourth-order valence-corrected chi connectivity index (χ4v) is 4.95. The molecule has 2 aliphatic rings. The highest BCUT2D eigenvalue weighted by atomic mass is 15.2. The second kappa shape index (κ2) is 7.76. The Labute approximate surface area is 178 Å². The number of hydrogen-bond donors (Lipinski definition) is 0. The Bertz CT molecular complexity index is 1010. The molecule has 1 fully saturated rings. The van der Waals surface area contributed by atoms with Gasteiger partial charge in [0.2, 0.25) is 5.95 Å². The van der Waals surface area contributed by atoms with Gasteiger partial charge >= 0.3 is 0 Å². The molecule has 5 rings (SSSR count). The molecule has 1 spiro atoms. The number of anilines is 1. The molecule has 3 aromatic rings. The lowest BCUT2D eigenvalue weighted by molar-refractivity contribution is 0.136. The predicted octanol–water partition coefficient (Wildman–Crippen LogP) is 3.48. The lowest BCUT2D eigenvalue weighted by Gasteiger charge is -2.40. The molecule has 0 bridgehead atoms. The Kier molecular flexibility index (Phi) is 4.95. The molecule has 0 radical (unpaired) electrons. The van der Waals surface area contributed by atoms with Crippen LogP contribution in [0.25, 0.3) is 11.4 Å². The van der Waals surface area contributed by atoms with Crippen LogP contribution in [0.4, 0.5) is 5.95 Å². The van der Waals surface area contributed by atoms with Gasteiger partial charge in [0, 0.05) is 62.3 Å². The predicted molar refractivity (Wildman–Crippen MR) is 118 cm³/mol. The molecule has 154 valence electrons. The summed E-state index contributed by atoms with van der Waals surface area (Å²) >= 11 is 0. The van der Waals surface area contributed by atoms with E-state index in [0.29, 0.717) is 0 Å². The Morgan fingerprint density at radius 1 is 1.00 bits per heavy atom. The van der Waals surface area contributed by atoms with Crippen molar-refractivity contribution in [3.05, 3.63) is 65.7 Å². The molecule has 1 atom stereocenters. The summed E-state index contributed by atoms with van der Waals surface area (Å²) in [4.78, 5) is 23.2. The number of piperidine rings is 1. The maximum absolute atomic E-state index is 5.10. The Morgan fingerprint density at radius 2 is 1.80 bits per heavy atom. The van der Waals surface area contributed by atoms with E-state index in [1.54, 1.807) is 0 Å². The van der Waals surface area contributed by atoms with E-state index in [0.717, 1.165) is 43.4 Å². The number of aryl methyl sites for hydroxylation is 1. The average Bonchev–Trinajstić information content (AvgIpc) is 3.12. The smallest absolute Gasteiger partial charge is 0.224 e. The molecule has 3 heterocycles. The lowest BCUT2D eigenvalue weighted by Crippen LogP contribution is -2.45. The second-order valence-corrected chi connectivity index (χ2v) is 8.81. The minimum absolute atomic E-state index is 0.143. The number of hydrogen-bond acceptors (Lipinski definition) is 6. The van der Waals surface area contributed by atoms with E-state index in [4.69, 9.17) is 4.98 Å². The van der Waals surface area contributed by atoms with Gasteiger partial charge in [0.1, 0.15) is 0 Å². The van der Waals surface area contributed by atoms with Crippen LogP contribution in [0.15, 0.2) is 48.9 Å². The SMILES string of the molecule is CN(C)c1ncc(CN2CCCC3(CCc4cnc(-c5ccccc5)nc43)C2)cn1. The van der Waals surface area contributed by atoms with Gasteiger partial charge in [-0.1, -0.05) is 30.3 Å². The molecule has 0 saturated carbocycles. The Morgan fingerprint density at radius 3 is 2.57 bits per heavy atom. The maximum Gasteiger partial charge on any atom is 0.224 e. The summed E-state index contributed by atoms with van der Waals surface area (Å²) in [5.74, 6) is 1.60. The van der Waals surface area contributed by atoms with Gasteiger partial charge in [0.15, 0.2) is 5.82 Å². The van der Waals surface area contributed by atoms with Gasteiger partial charge < -0.3 is 4.90 Å². The minimum Gasteiger partial charge on any atom is -0.347 e. The van der Waals surface area contributed by atoms with Crippen molar-refractivity contribution in [3.8, 4) is 11.4 Å². The zero-order chi connectivity index (χ0) is 20.6. The summed E-state index contributed by atoms with van der Waals surface area (Å²) in [6.45, 7) is 3.05. The first-order valence-electron chi connectivity index (χ1n) is 10.8. The Hall–Kier alpha value is -2.86. The first-order chi connectivity index (χ1) is 14.6. The van der Waals surface area contributed by atoms with Crippen LogP contribution in [-0.2, 0) is 18.4 Å². The summed E-state index contributed by atoms with van der Waals surface area (Å²) in [6, 6.07) is 10.3. The number of nitrogens with zero attached hydrogens (tertiary/aromatic N) is 6. The van der Waals surface area contributed by atoms with Crippen LogP contribution in [-0.4, -0.2) is 52.0 Å². The van der Waals surface area contributed by atoms with Gasteiger partial charge in [-0.15, -0.1) is 0 Å². The van der Waals surface area contributed by atoms with Crippen molar-refractivity contribution in [2.24, 2.45) is 0 Å². The molecule has 0 amide bonds. The molecular formula is C24H28N6. The lowest BCUT2D eigenvalue weighted by atomic mass is 9.77. The van der Waals surface area contributed by atoms with Crippen molar-refractivity contribution in [2.45, 2.75) is 37.6 Å². The first-order valence-corrected chi connectivity index (χ1v) is 10.8. The minimum atomic E-state index is 0.143. The van der Waals surface area contributed by atoms with Gasteiger partial charge in [-0.3, -0.25) is 4.90 Å². The topological polar surface area (TPSA) is 58.0 Å². The molecule has 6 nitrogen and oxygen atoms in total. The van der Waals surface area contributed by atoms with Crippen molar-refractivity contribution in [1.82, 2.24) is 24.8 Å². The van der Waals surface area contributed by atoms with Crippen LogP contribution >= 0.6 is 0 Å². The molecule has 1 aromatic carbocycles. The average molecular weight is 401 g/mol. The number of benzene rings is 1. The summed E-state index contributed by atoms with van der Waals surface area (Å²) in [5, 5.41) is 0. The van der Waals surface area contributed by atoms with Crippen molar-refractivity contribution < 1.29 is 0 Å².